The van der Waals surface area contributed by atoms with Crippen LogP contribution in [0.1, 0.15) is 12.5 Å². The van der Waals surface area contributed by atoms with Crippen molar-refractivity contribution in [1.82, 2.24) is 14.9 Å². The Hall–Kier alpha value is -1.39. The first kappa shape index (κ1) is 11.1. The number of benzene rings is 1. The van der Waals surface area contributed by atoms with Gasteiger partial charge in [-0.15, -0.1) is 0 Å². The van der Waals surface area contributed by atoms with Crippen molar-refractivity contribution in [2.24, 2.45) is 5.73 Å². The van der Waals surface area contributed by atoms with Crippen molar-refractivity contribution in [2.75, 3.05) is 13.6 Å². The number of aromatic nitrogens is 2. The number of H-pyrrole nitrogens is 1. The zero-order valence-electron chi connectivity index (χ0n) is 9.77. The third-order valence-electron chi connectivity index (χ3n) is 2.54. The Bertz CT molecular complexity index is 461. The molecule has 0 aliphatic heterocycles. The second kappa shape index (κ2) is 4.63. The van der Waals surface area contributed by atoms with Crippen LogP contribution in [0.4, 0.5) is 0 Å². The normalized spacial score (nSPS) is 13.5. The van der Waals surface area contributed by atoms with E-state index in [1.165, 1.54) is 5.56 Å². The highest BCUT2D eigenvalue weighted by Crippen LogP contribution is 2.12. The first-order valence-electron chi connectivity index (χ1n) is 5.51. The molecular formula is C12H18N4. The van der Waals surface area contributed by atoms with Gasteiger partial charge in [-0.3, -0.25) is 0 Å². The summed E-state index contributed by atoms with van der Waals surface area (Å²) in [6, 6.07) is 6.50. The molecule has 2 rings (SSSR count). The summed E-state index contributed by atoms with van der Waals surface area (Å²) in [6.07, 6.45) is 1.72. The summed E-state index contributed by atoms with van der Waals surface area (Å²) in [4.78, 5) is 9.54. The summed E-state index contributed by atoms with van der Waals surface area (Å²) in [5, 5.41) is 0. The van der Waals surface area contributed by atoms with E-state index in [0.29, 0.717) is 0 Å². The van der Waals surface area contributed by atoms with Crippen LogP contribution in [0.25, 0.3) is 11.0 Å². The summed E-state index contributed by atoms with van der Waals surface area (Å²) >= 11 is 0. The smallest absolute Gasteiger partial charge is 0.0931 e. The van der Waals surface area contributed by atoms with Crippen molar-refractivity contribution < 1.29 is 0 Å². The van der Waals surface area contributed by atoms with E-state index in [0.717, 1.165) is 24.1 Å². The Morgan fingerprint density at radius 2 is 2.31 bits per heavy atom. The topological polar surface area (TPSA) is 57.9 Å². The Balaban J connectivity index is 2.08. The van der Waals surface area contributed by atoms with Crippen LogP contribution in [0.5, 0.6) is 0 Å². The molecule has 3 N–H and O–H groups in total. The predicted molar refractivity (Wildman–Crippen MR) is 66.1 cm³/mol. The van der Waals surface area contributed by atoms with Crippen molar-refractivity contribution in [3.63, 3.8) is 0 Å². The molecule has 0 bridgehead atoms. The van der Waals surface area contributed by atoms with Crippen molar-refractivity contribution in [1.29, 1.82) is 0 Å². The molecule has 1 aromatic heterocycles. The van der Waals surface area contributed by atoms with Gasteiger partial charge in [-0.1, -0.05) is 6.07 Å². The molecule has 1 heterocycles. The van der Waals surface area contributed by atoms with Crippen LogP contribution in [0, 0.1) is 0 Å². The van der Waals surface area contributed by atoms with Gasteiger partial charge in [0, 0.05) is 19.1 Å². The number of rotatable bonds is 4. The van der Waals surface area contributed by atoms with E-state index in [4.69, 9.17) is 5.73 Å². The summed E-state index contributed by atoms with van der Waals surface area (Å²) in [6.45, 7) is 3.84. The standard InChI is InChI=1S/C12H18N4/c1-9(13)6-16(2)7-10-3-4-11-12(5-10)15-8-14-11/h3-5,8-9H,6-7,13H2,1-2H3,(H,14,15). The lowest BCUT2D eigenvalue weighted by molar-refractivity contribution is 0.310. The molecule has 1 atom stereocenters. The molecule has 0 saturated carbocycles. The van der Waals surface area contributed by atoms with Crippen molar-refractivity contribution in [3.05, 3.63) is 30.1 Å². The van der Waals surface area contributed by atoms with E-state index in [1.54, 1.807) is 6.33 Å². The highest BCUT2D eigenvalue weighted by molar-refractivity contribution is 5.74. The van der Waals surface area contributed by atoms with E-state index in [1.807, 2.05) is 13.0 Å². The number of nitrogens with two attached hydrogens (primary N) is 1. The first-order valence-corrected chi connectivity index (χ1v) is 5.51. The number of fused-ring (bicyclic) bond motifs is 1. The average Bonchev–Trinajstić information content (AvgIpc) is 2.63. The van der Waals surface area contributed by atoms with Crippen LogP contribution in [-0.4, -0.2) is 34.5 Å². The second-order valence-electron chi connectivity index (χ2n) is 4.43. The van der Waals surface area contributed by atoms with E-state index in [9.17, 15) is 0 Å². The molecule has 0 amide bonds. The number of nitrogens with zero attached hydrogens (tertiary/aromatic N) is 2. The van der Waals surface area contributed by atoms with Crippen molar-refractivity contribution in [3.8, 4) is 0 Å². The molecule has 1 aromatic carbocycles. The Morgan fingerprint density at radius 3 is 3.06 bits per heavy atom. The second-order valence-corrected chi connectivity index (χ2v) is 4.43. The van der Waals surface area contributed by atoms with E-state index >= 15 is 0 Å². The molecule has 0 radical (unpaired) electrons. The lowest BCUT2D eigenvalue weighted by Crippen LogP contribution is -2.32. The lowest BCUT2D eigenvalue weighted by Gasteiger charge is -2.18. The molecular weight excluding hydrogens is 200 g/mol. The van der Waals surface area contributed by atoms with Gasteiger partial charge >= 0.3 is 0 Å². The van der Waals surface area contributed by atoms with Gasteiger partial charge in [-0.2, -0.15) is 0 Å². The van der Waals surface area contributed by atoms with Gasteiger partial charge in [0.1, 0.15) is 0 Å². The molecule has 0 spiro atoms. The van der Waals surface area contributed by atoms with Gasteiger partial charge in [0.15, 0.2) is 0 Å². The highest BCUT2D eigenvalue weighted by Gasteiger charge is 2.04. The zero-order chi connectivity index (χ0) is 11.5. The zero-order valence-corrected chi connectivity index (χ0v) is 9.77. The van der Waals surface area contributed by atoms with Crippen LogP contribution in [0.15, 0.2) is 24.5 Å². The molecule has 0 fully saturated rings. The van der Waals surface area contributed by atoms with E-state index < -0.39 is 0 Å². The van der Waals surface area contributed by atoms with Crippen LogP contribution in [0.2, 0.25) is 0 Å². The largest absolute Gasteiger partial charge is 0.345 e. The monoisotopic (exact) mass is 218 g/mol. The summed E-state index contributed by atoms with van der Waals surface area (Å²) in [5.41, 5.74) is 9.14. The van der Waals surface area contributed by atoms with Gasteiger partial charge in [0.05, 0.1) is 17.4 Å². The number of hydrogen-bond donors (Lipinski definition) is 2. The van der Waals surface area contributed by atoms with Crippen molar-refractivity contribution in [2.45, 2.75) is 19.5 Å². The SMILES string of the molecule is CC(N)CN(C)Cc1ccc2nc[nH]c2c1. The minimum Gasteiger partial charge on any atom is -0.345 e. The molecule has 1 unspecified atom stereocenters. The third kappa shape index (κ3) is 2.59. The molecule has 4 nitrogen and oxygen atoms in total. The van der Waals surface area contributed by atoms with Crippen LogP contribution >= 0.6 is 0 Å². The van der Waals surface area contributed by atoms with Crippen LogP contribution in [0.3, 0.4) is 0 Å². The maximum Gasteiger partial charge on any atom is 0.0931 e. The minimum atomic E-state index is 0.209. The third-order valence-corrected chi connectivity index (χ3v) is 2.54. The first-order chi connectivity index (χ1) is 7.65. The summed E-state index contributed by atoms with van der Waals surface area (Å²) in [5.74, 6) is 0. The van der Waals surface area contributed by atoms with Gasteiger partial charge in [0.25, 0.3) is 0 Å². The Kier molecular flexibility index (Phi) is 3.22. The maximum atomic E-state index is 5.76. The molecule has 0 aliphatic rings. The van der Waals surface area contributed by atoms with Crippen molar-refractivity contribution >= 4 is 11.0 Å². The number of nitrogens with one attached hydrogen (secondary N) is 1. The fourth-order valence-corrected chi connectivity index (χ4v) is 1.95. The molecule has 16 heavy (non-hydrogen) atoms. The molecule has 0 saturated heterocycles. The predicted octanol–water partition coefficient (Wildman–Crippen LogP) is 1.34. The maximum absolute atomic E-state index is 5.76. The fraction of sp³-hybridized carbons (Fsp3) is 0.417. The Labute approximate surface area is 95.5 Å². The molecule has 86 valence electrons. The lowest BCUT2D eigenvalue weighted by atomic mass is 10.2. The average molecular weight is 218 g/mol. The Morgan fingerprint density at radius 1 is 1.50 bits per heavy atom. The molecule has 4 heteroatoms. The van der Waals surface area contributed by atoms with Gasteiger partial charge in [-0.05, 0) is 31.7 Å². The summed E-state index contributed by atoms with van der Waals surface area (Å²) < 4.78 is 0. The van der Waals surface area contributed by atoms with Gasteiger partial charge < -0.3 is 15.6 Å². The van der Waals surface area contributed by atoms with E-state index in [2.05, 4.69) is 34.0 Å². The van der Waals surface area contributed by atoms with E-state index in [-0.39, 0.29) is 6.04 Å². The number of aromatic amines is 1. The van der Waals surface area contributed by atoms with Crippen LogP contribution in [-0.2, 0) is 6.54 Å². The summed E-state index contributed by atoms with van der Waals surface area (Å²) in [7, 11) is 2.08. The quantitative estimate of drug-likeness (QED) is 0.814. The highest BCUT2D eigenvalue weighted by atomic mass is 15.1. The number of likely N-dealkylation sites (N-methyl/N-ethyl adjacent to an activating group) is 1. The van der Waals surface area contributed by atoms with Gasteiger partial charge in [0.2, 0.25) is 0 Å². The fourth-order valence-electron chi connectivity index (χ4n) is 1.95. The number of hydrogen-bond acceptors (Lipinski definition) is 3. The van der Waals surface area contributed by atoms with Crippen LogP contribution < -0.4 is 5.73 Å². The molecule has 2 aromatic rings. The minimum absolute atomic E-state index is 0.209. The number of imidazole rings is 1. The van der Waals surface area contributed by atoms with Gasteiger partial charge in [-0.25, -0.2) is 4.98 Å². The molecule has 0 aliphatic carbocycles.